The lowest BCUT2D eigenvalue weighted by molar-refractivity contribution is 0.974. The number of hydrogen-bond donors (Lipinski definition) is 1. The van der Waals surface area contributed by atoms with Crippen LogP contribution in [0.25, 0.3) is 16.9 Å². The van der Waals surface area contributed by atoms with E-state index in [2.05, 4.69) is 22.2 Å². The van der Waals surface area contributed by atoms with Gasteiger partial charge in [0, 0.05) is 17.8 Å². The summed E-state index contributed by atoms with van der Waals surface area (Å²) in [5.41, 5.74) is 3.09. The number of hydrogen-bond acceptors (Lipinski definition) is 1. The Morgan fingerprint density at radius 1 is 1.07 bits per heavy atom. The fraction of sp³-hybridized carbons (Fsp3) is 0. The Labute approximate surface area is 81.0 Å². The summed E-state index contributed by atoms with van der Waals surface area (Å²) in [6.07, 6.45) is 3.86. The molecule has 0 atom stereocenters. The summed E-state index contributed by atoms with van der Waals surface area (Å²) in [5.74, 6) is 0. The first-order valence-corrected chi connectivity index (χ1v) is 4.51. The Hall–Kier alpha value is -2.03. The Balaban J connectivity index is 2.19. The van der Waals surface area contributed by atoms with Crippen molar-refractivity contribution in [2.75, 3.05) is 0 Å². The Morgan fingerprint density at radius 2 is 1.93 bits per heavy atom. The molecule has 1 aromatic carbocycles. The van der Waals surface area contributed by atoms with Gasteiger partial charge in [-0.25, -0.2) is 9.50 Å². The maximum atomic E-state index is 4.47. The first-order chi connectivity index (χ1) is 6.93. The molecule has 3 rings (SSSR count). The van der Waals surface area contributed by atoms with E-state index in [-0.39, 0.29) is 0 Å². The predicted octanol–water partition coefficient (Wildman–Crippen LogP) is 2.33. The van der Waals surface area contributed by atoms with Crippen LogP contribution >= 0.6 is 0 Å². The molecule has 2 heterocycles. The summed E-state index contributed by atoms with van der Waals surface area (Å²) in [7, 11) is 0. The van der Waals surface area contributed by atoms with E-state index in [0.717, 1.165) is 16.9 Å². The molecule has 0 saturated carbocycles. The van der Waals surface area contributed by atoms with Crippen LogP contribution < -0.4 is 0 Å². The van der Waals surface area contributed by atoms with Crippen LogP contribution in [0.5, 0.6) is 0 Å². The highest BCUT2D eigenvalue weighted by Gasteiger charge is 2.02. The summed E-state index contributed by atoms with van der Waals surface area (Å²) in [4.78, 5) is 4.47. The first-order valence-electron chi connectivity index (χ1n) is 4.51. The van der Waals surface area contributed by atoms with Gasteiger partial charge in [0.15, 0.2) is 5.65 Å². The molecule has 14 heavy (non-hydrogen) atoms. The maximum absolute atomic E-state index is 4.47. The van der Waals surface area contributed by atoms with Gasteiger partial charge in [-0.05, 0) is 0 Å². The minimum absolute atomic E-state index is 0.948. The number of benzene rings is 1. The highest BCUT2D eigenvalue weighted by molar-refractivity contribution is 5.61. The monoisotopic (exact) mass is 183 g/mol. The number of nitrogens with zero attached hydrogens (tertiary/aromatic N) is 2. The molecule has 2 aromatic heterocycles. The minimum Gasteiger partial charge on any atom is -0.300 e. The Kier molecular flexibility index (Phi) is 1.44. The van der Waals surface area contributed by atoms with Gasteiger partial charge in [0.1, 0.15) is 0 Å². The van der Waals surface area contributed by atoms with E-state index in [9.17, 15) is 0 Å². The molecule has 0 fully saturated rings. The quantitative estimate of drug-likeness (QED) is 0.617. The van der Waals surface area contributed by atoms with Crippen molar-refractivity contribution in [2.24, 2.45) is 0 Å². The first kappa shape index (κ1) is 7.38. The summed E-state index contributed by atoms with van der Waals surface area (Å²) in [6.45, 7) is 0. The van der Waals surface area contributed by atoms with Crippen molar-refractivity contribution in [3.63, 3.8) is 0 Å². The molecular weight excluding hydrogens is 174 g/mol. The van der Waals surface area contributed by atoms with Crippen molar-refractivity contribution in [2.45, 2.75) is 0 Å². The topological polar surface area (TPSA) is 33.1 Å². The van der Waals surface area contributed by atoms with Gasteiger partial charge in [-0.2, -0.15) is 0 Å². The largest absolute Gasteiger partial charge is 0.300 e. The molecule has 0 radical (unpaired) electrons. The molecule has 68 valence electrons. The summed E-state index contributed by atoms with van der Waals surface area (Å²) in [6, 6.07) is 12.1. The zero-order valence-electron chi connectivity index (χ0n) is 7.51. The van der Waals surface area contributed by atoms with Gasteiger partial charge >= 0.3 is 0 Å². The molecule has 3 heteroatoms. The molecule has 0 aliphatic carbocycles. The smallest absolute Gasteiger partial charge is 0.153 e. The van der Waals surface area contributed by atoms with Gasteiger partial charge < -0.3 is 5.10 Å². The van der Waals surface area contributed by atoms with E-state index in [0.29, 0.717) is 0 Å². The lowest BCUT2D eigenvalue weighted by atomic mass is 10.2. The number of fused-ring (bicyclic) bond motifs is 1. The van der Waals surface area contributed by atoms with Crippen LogP contribution in [0.4, 0.5) is 0 Å². The van der Waals surface area contributed by atoms with Crippen molar-refractivity contribution in [3.8, 4) is 11.3 Å². The number of nitrogens with one attached hydrogen (secondary N) is 1. The summed E-state index contributed by atoms with van der Waals surface area (Å²) in [5, 5.41) is 3.06. The second-order valence-corrected chi connectivity index (χ2v) is 3.18. The molecule has 0 aliphatic heterocycles. The maximum Gasteiger partial charge on any atom is 0.153 e. The zero-order valence-corrected chi connectivity index (χ0v) is 7.51. The van der Waals surface area contributed by atoms with Crippen LogP contribution in [0, 0.1) is 0 Å². The highest BCUT2D eigenvalue weighted by Crippen LogP contribution is 2.17. The van der Waals surface area contributed by atoms with E-state index in [1.807, 2.05) is 41.2 Å². The molecule has 3 aromatic rings. The average Bonchev–Trinajstić information content (AvgIpc) is 2.78. The second kappa shape index (κ2) is 2.73. The van der Waals surface area contributed by atoms with Crippen molar-refractivity contribution >= 4 is 5.65 Å². The highest BCUT2D eigenvalue weighted by atomic mass is 15.2. The van der Waals surface area contributed by atoms with Gasteiger partial charge in [-0.1, -0.05) is 30.3 Å². The van der Waals surface area contributed by atoms with Crippen molar-refractivity contribution in [3.05, 3.63) is 48.8 Å². The number of aromatic nitrogens is 3. The van der Waals surface area contributed by atoms with Crippen molar-refractivity contribution in [1.82, 2.24) is 14.6 Å². The SMILES string of the molecule is c1ccc(-c2cn3[nH]ccc3n2)cc1. The molecule has 0 saturated heterocycles. The number of H-pyrrole nitrogens is 1. The molecule has 0 aliphatic rings. The molecular formula is C11H9N3. The Bertz CT molecular complexity index is 519. The molecule has 0 amide bonds. The standard InChI is InChI=1S/C11H9N3/c1-2-4-9(5-3-1)10-8-14-11(13-10)6-7-12-14/h1-8,12H. The van der Waals surface area contributed by atoms with E-state index in [4.69, 9.17) is 0 Å². The second-order valence-electron chi connectivity index (χ2n) is 3.18. The predicted molar refractivity (Wildman–Crippen MR) is 55.0 cm³/mol. The van der Waals surface area contributed by atoms with E-state index < -0.39 is 0 Å². The van der Waals surface area contributed by atoms with Gasteiger partial charge in [0.2, 0.25) is 0 Å². The number of rotatable bonds is 1. The molecule has 0 bridgehead atoms. The Morgan fingerprint density at radius 3 is 2.71 bits per heavy atom. The molecule has 3 nitrogen and oxygen atoms in total. The third-order valence-corrected chi connectivity index (χ3v) is 2.25. The van der Waals surface area contributed by atoms with Gasteiger partial charge in [-0.3, -0.25) is 0 Å². The molecule has 0 spiro atoms. The lowest BCUT2D eigenvalue weighted by Crippen LogP contribution is -1.77. The summed E-state index contributed by atoms with van der Waals surface area (Å²) < 4.78 is 1.91. The van der Waals surface area contributed by atoms with E-state index in [1.54, 1.807) is 0 Å². The normalized spacial score (nSPS) is 10.9. The fourth-order valence-electron chi connectivity index (χ4n) is 1.56. The average molecular weight is 183 g/mol. The fourth-order valence-corrected chi connectivity index (χ4v) is 1.56. The van der Waals surface area contributed by atoms with Crippen LogP contribution in [-0.4, -0.2) is 14.6 Å². The van der Waals surface area contributed by atoms with Crippen LogP contribution in [0.1, 0.15) is 0 Å². The van der Waals surface area contributed by atoms with E-state index >= 15 is 0 Å². The van der Waals surface area contributed by atoms with E-state index in [1.165, 1.54) is 0 Å². The third-order valence-electron chi connectivity index (χ3n) is 2.25. The molecule has 0 unspecified atom stereocenters. The van der Waals surface area contributed by atoms with Crippen LogP contribution in [0.15, 0.2) is 48.8 Å². The van der Waals surface area contributed by atoms with Crippen LogP contribution in [0.3, 0.4) is 0 Å². The lowest BCUT2D eigenvalue weighted by Gasteiger charge is -1.92. The minimum atomic E-state index is 0.948. The van der Waals surface area contributed by atoms with Crippen molar-refractivity contribution < 1.29 is 0 Å². The summed E-state index contributed by atoms with van der Waals surface area (Å²) >= 11 is 0. The van der Waals surface area contributed by atoms with Gasteiger partial charge in [0.25, 0.3) is 0 Å². The molecule has 1 N–H and O–H groups in total. The number of imidazole rings is 1. The van der Waals surface area contributed by atoms with Gasteiger partial charge in [-0.15, -0.1) is 0 Å². The zero-order chi connectivity index (χ0) is 9.38. The van der Waals surface area contributed by atoms with Crippen LogP contribution in [0.2, 0.25) is 0 Å². The van der Waals surface area contributed by atoms with Gasteiger partial charge in [0.05, 0.1) is 11.9 Å². The number of aromatic amines is 1. The van der Waals surface area contributed by atoms with Crippen LogP contribution in [-0.2, 0) is 0 Å². The van der Waals surface area contributed by atoms with Crippen molar-refractivity contribution in [1.29, 1.82) is 0 Å². The third kappa shape index (κ3) is 1.03.